The summed E-state index contributed by atoms with van der Waals surface area (Å²) in [6, 6.07) is 17.5. The molecular formula is C23H26FIN4O2. The van der Waals surface area contributed by atoms with Crippen molar-refractivity contribution >= 4 is 29.9 Å². The number of ether oxygens (including phenoxy) is 2. The van der Waals surface area contributed by atoms with Crippen molar-refractivity contribution in [3.8, 4) is 17.4 Å². The summed E-state index contributed by atoms with van der Waals surface area (Å²) in [5.41, 5.74) is 1.90. The maximum absolute atomic E-state index is 13.4. The van der Waals surface area contributed by atoms with Crippen LogP contribution in [0.3, 0.4) is 0 Å². The fourth-order valence-corrected chi connectivity index (χ4v) is 2.71. The molecule has 6 nitrogen and oxygen atoms in total. The Morgan fingerprint density at radius 2 is 1.84 bits per heavy atom. The fraction of sp³-hybridized carbons (Fsp3) is 0.217. The molecule has 0 saturated carbocycles. The fourth-order valence-electron chi connectivity index (χ4n) is 2.71. The Balaban J connectivity index is 0.00000341. The van der Waals surface area contributed by atoms with Crippen LogP contribution < -0.4 is 20.1 Å². The van der Waals surface area contributed by atoms with Gasteiger partial charge in [0.25, 0.3) is 0 Å². The number of nitrogens with one attached hydrogen (secondary N) is 2. The Morgan fingerprint density at radius 3 is 2.55 bits per heavy atom. The van der Waals surface area contributed by atoms with E-state index in [9.17, 15) is 4.39 Å². The van der Waals surface area contributed by atoms with Crippen LogP contribution in [0.2, 0.25) is 0 Å². The number of nitrogens with zero attached hydrogens (tertiary/aromatic N) is 2. The molecule has 1 heterocycles. The highest BCUT2D eigenvalue weighted by Gasteiger charge is 2.08. The van der Waals surface area contributed by atoms with Crippen molar-refractivity contribution < 1.29 is 13.9 Å². The zero-order valence-corrected chi connectivity index (χ0v) is 19.8. The molecule has 0 bridgehead atoms. The Labute approximate surface area is 198 Å². The topological polar surface area (TPSA) is 67.8 Å². The van der Waals surface area contributed by atoms with Gasteiger partial charge in [0.2, 0.25) is 5.88 Å². The minimum atomic E-state index is -0.358. The van der Waals surface area contributed by atoms with E-state index in [4.69, 9.17) is 9.47 Å². The van der Waals surface area contributed by atoms with Gasteiger partial charge in [0.05, 0.1) is 13.7 Å². The van der Waals surface area contributed by atoms with Gasteiger partial charge in [0, 0.05) is 30.9 Å². The van der Waals surface area contributed by atoms with Crippen LogP contribution in [0.1, 0.15) is 18.1 Å². The van der Waals surface area contributed by atoms with Crippen molar-refractivity contribution in [2.75, 3.05) is 13.7 Å². The predicted octanol–water partition coefficient (Wildman–Crippen LogP) is 4.89. The molecule has 0 unspecified atom stereocenters. The molecule has 2 N–H and O–H groups in total. The number of hydrogen-bond acceptors (Lipinski definition) is 4. The SMILES string of the molecule is CCNC(=NCc1ccc(OC)cc1)NCc1cccnc1Oc1cccc(F)c1.I. The molecule has 8 heteroatoms. The second-order valence-corrected chi connectivity index (χ2v) is 6.42. The van der Waals surface area contributed by atoms with E-state index in [1.54, 1.807) is 25.4 Å². The van der Waals surface area contributed by atoms with Crippen molar-refractivity contribution in [2.24, 2.45) is 4.99 Å². The molecule has 0 spiro atoms. The van der Waals surface area contributed by atoms with Gasteiger partial charge >= 0.3 is 0 Å². The van der Waals surface area contributed by atoms with Gasteiger partial charge in [-0.15, -0.1) is 24.0 Å². The lowest BCUT2D eigenvalue weighted by Crippen LogP contribution is -2.36. The first kappa shape index (κ1) is 24.4. The summed E-state index contributed by atoms with van der Waals surface area (Å²) in [4.78, 5) is 8.90. The summed E-state index contributed by atoms with van der Waals surface area (Å²) >= 11 is 0. The highest BCUT2D eigenvalue weighted by Crippen LogP contribution is 2.23. The van der Waals surface area contributed by atoms with Gasteiger partial charge < -0.3 is 20.1 Å². The summed E-state index contributed by atoms with van der Waals surface area (Å²) in [5.74, 6) is 1.95. The Kier molecular flexibility index (Phi) is 10.0. The number of methoxy groups -OCH3 is 1. The Hall–Kier alpha value is -2.88. The molecule has 0 radical (unpaired) electrons. The number of halogens is 2. The number of benzene rings is 2. The number of hydrogen-bond donors (Lipinski definition) is 2. The monoisotopic (exact) mass is 536 g/mol. The van der Waals surface area contributed by atoms with Crippen molar-refractivity contribution in [1.82, 2.24) is 15.6 Å². The van der Waals surface area contributed by atoms with Gasteiger partial charge in [-0.1, -0.05) is 24.3 Å². The molecule has 1 aromatic heterocycles. The highest BCUT2D eigenvalue weighted by atomic mass is 127. The number of aliphatic imine (C=N–C) groups is 1. The first-order valence-electron chi connectivity index (χ1n) is 9.70. The van der Waals surface area contributed by atoms with Crippen LogP contribution in [0.5, 0.6) is 17.4 Å². The third-order valence-electron chi connectivity index (χ3n) is 4.23. The average molecular weight is 536 g/mol. The predicted molar refractivity (Wildman–Crippen MR) is 131 cm³/mol. The molecule has 0 amide bonds. The van der Waals surface area contributed by atoms with Crippen LogP contribution in [-0.2, 0) is 13.1 Å². The lowest BCUT2D eigenvalue weighted by Gasteiger charge is -2.14. The van der Waals surface area contributed by atoms with Crippen molar-refractivity contribution in [2.45, 2.75) is 20.0 Å². The van der Waals surface area contributed by atoms with Gasteiger partial charge in [0.1, 0.15) is 17.3 Å². The zero-order chi connectivity index (χ0) is 21.2. The van der Waals surface area contributed by atoms with E-state index in [0.29, 0.717) is 30.7 Å². The van der Waals surface area contributed by atoms with E-state index in [1.165, 1.54) is 12.1 Å². The number of aromatic nitrogens is 1. The lowest BCUT2D eigenvalue weighted by atomic mass is 10.2. The summed E-state index contributed by atoms with van der Waals surface area (Å²) in [7, 11) is 1.64. The summed E-state index contributed by atoms with van der Waals surface area (Å²) in [6.07, 6.45) is 1.64. The molecule has 0 saturated heterocycles. The van der Waals surface area contributed by atoms with Crippen molar-refractivity contribution in [1.29, 1.82) is 0 Å². The first-order valence-corrected chi connectivity index (χ1v) is 9.70. The maximum atomic E-state index is 13.4. The van der Waals surface area contributed by atoms with Gasteiger partial charge in [-0.05, 0) is 42.8 Å². The standard InChI is InChI=1S/C23H25FN4O2.HI/c1-3-25-23(27-15-17-9-11-20(29-2)12-10-17)28-16-18-6-5-13-26-22(18)30-21-8-4-7-19(24)14-21;/h4-14H,3,15-16H2,1-2H3,(H2,25,27,28);1H. The second-order valence-electron chi connectivity index (χ2n) is 6.42. The van der Waals surface area contributed by atoms with Gasteiger partial charge in [-0.2, -0.15) is 0 Å². The van der Waals surface area contributed by atoms with E-state index in [1.807, 2.05) is 43.3 Å². The van der Waals surface area contributed by atoms with Gasteiger partial charge in [0.15, 0.2) is 5.96 Å². The minimum Gasteiger partial charge on any atom is -0.497 e. The lowest BCUT2D eigenvalue weighted by molar-refractivity contribution is 0.414. The minimum absolute atomic E-state index is 0. The first-order chi connectivity index (χ1) is 14.7. The quantitative estimate of drug-likeness (QED) is 0.244. The van der Waals surface area contributed by atoms with Crippen molar-refractivity contribution in [3.63, 3.8) is 0 Å². The third-order valence-corrected chi connectivity index (χ3v) is 4.23. The summed E-state index contributed by atoms with van der Waals surface area (Å²) in [5, 5.41) is 6.51. The molecular weight excluding hydrogens is 510 g/mol. The molecule has 0 aliphatic rings. The van der Waals surface area contributed by atoms with E-state index >= 15 is 0 Å². The Morgan fingerprint density at radius 1 is 1.03 bits per heavy atom. The van der Waals surface area contributed by atoms with E-state index in [0.717, 1.165) is 23.4 Å². The molecule has 0 aliphatic heterocycles. The molecule has 3 rings (SSSR count). The number of pyridine rings is 1. The van der Waals surface area contributed by atoms with E-state index < -0.39 is 0 Å². The third kappa shape index (κ3) is 7.71. The van der Waals surface area contributed by atoms with Gasteiger partial charge in [-0.3, -0.25) is 0 Å². The largest absolute Gasteiger partial charge is 0.497 e. The smallest absolute Gasteiger partial charge is 0.224 e. The van der Waals surface area contributed by atoms with Crippen LogP contribution >= 0.6 is 24.0 Å². The molecule has 0 aliphatic carbocycles. The Bertz CT molecular complexity index is 983. The summed E-state index contributed by atoms with van der Waals surface area (Å²) < 4.78 is 24.4. The van der Waals surface area contributed by atoms with Crippen LogP contribution in [0.4, 0.5) is 4.39 Å². The van der Waals surface area contributed by atoms with Crippen LogP contribution in [-0.4, -0.2) is 24.6 Å². The number of guanidine groups is 1. The normalized spacial score (nSPS) is 10.7. The van der Waals surface area contributed by atoms with E-state index in [2.05, 4.69) is 20.6 Å². The van der Waals surface area contributed by atoms with Crippen molar-refractivity contribution in [3.05, 3.63) is 83.8 Å². The molecule has 3 aromatic rings. The second kappa shape index (κ2) is 12.7. The number of rotatable bonds is 8. The zero-order valence-electron chi connectivity index (χ0n) is 17.5. The molecule has 0 fully saturated rings. The molecule has 0 atom stereocenters. The average Bonchev–Trinajstić information content (AvgIpc) is 2.77. The molecule has 164 valence electrons. The van der Waals surface area contributed by atoms with Crippen LogP contribution in [0.15, 0.2) is 71.9 Å². The van der Waals surface area contributed by atoms with Gasteiger partial charge in [-0.25, -0.2) is 14.4 Å². The summed E-state index contributed by atoms with van der Waals surface area (Å²) in [6.45, 7) is 3.72. The van der Waals surface area contributed by atoms with E-state index in [-0.39, 0.29) is 29.8 Å². The molecule has 31 heavy (non-hydrogen) atoms. The van der Waals surface area contributed by atoms with Crippen LogP contribution in [0, 0.1) is 5.82 Å². The van der Waals surface area contributed by atoms with Crippen LogP contribution in [0.25, 0.3) is 0 Å². The molecule has 2 aromatic carbocycles. The highest BCUT2D eigenvalue weighted by molar-refractivity contribution is 14.0. The maximum Gasteiger partial charge on any atom is 0.224 e.